The topological polar surface area (TPSA) is 49.3 Å². The van der Waals surface area contributed by atoms with Crippen molar-refractivity contribution in [3.63, 3.8) is 0 Å². The van der Waals surface area contributed by atoms with Crippen molar-refractivity contribution in [3.05, 3.63) is 0 Å². The van der Waals surface area contributed by atoms with Crippen LogP contribution in [0.4, 0.5) is 0 Å². The molecule has 1 aliphatic heterocycles. The quantitative estimate of drug-likeness (QED) is 0.707. The number of hydrogen-bond acceptors (Lipinski definition) is 2. The maximum atomic E-state index is 10.8. The first-order valence-electron chi connectivity index (χ1n) is 5.69. The highest BCUT2D eigenvalue weighted by Crippen LogP contribution is 2.37. The fourth-order valence-corrected chi connectivity index (χ4v) is 3.01. The Morgan fingerprint density at radius 3 is 2.86 bits per heavy atom. The van der Waals surface area contributed by atoms with Gasteiger partial charge >= 0.3 is 5.97 Å². The van der Waals surface area contributed by atoms with Crippen LogP contribution < -0.4 is 5.32 Å². The molecule has 0 aromatic rings. The molecule has 0 radical (unpaired) electrons. The zero-order valence-corrected chi connectivity index (χ0v) is 8.70. The van der Waals surface area contributed by atoms with E-state index in [0.717, 1.165) is 12.3 Å². The van der Waals surface area contributed by atoms with E-state index in [4.69, 9.17) is 5.11 Å². The van der Waals surface area contributed by atoms with Crippen LogP contribution in [0.15, 0.2) is 0 Å². The van der Waals surface area contributed by atoms with Gasteiger partial charge in [-0.3, -0.25) is 4.79 Å². The number of hydrogen-bond donors (Lipinski definition) is 2. The number of nitrogens with one attached hydrogen (secondary N) is 1. The van der Waals surface area contributed by atoms with Crippen molar-refractivity contribution in [2.24, 2.45) is 11.8 Å². The summed E-state index contributed by atoms with van der Waals surface area (Å²) in [6, 6.07) is 0.208. The van der Waals surface area contributed by atoms with Crippen LogP contribution >= 0.6 is 0 Å². The van der Waals surface area contributed by atoms with Gasteiger partial charge in [0, 0.05) is 6.04 Å². The summed E-state index contributed by atoms with van der Waals surface area (Å²) in [5.74, 6) is 0.785. The molecule has 0 bridgehead atoms. The van der Waals surface area contributed by atoms with Gasteiger partial charge in [-0.25, -0.2) is 0 Å². The van der Waals surface area contributed by atoms with Crippen LogP contribution in [-0.4, -0.2) is 23.2 Å². The molecule has 0 aromatic carbocycles. The first-order chi connectivity index (χ1) is 6.70. The van der Waals surface area contributed by atoms with Crippen LogP contribution in [0.2, 0.25) is 0 Å². The largest absolute Gasteiger partial charge is 0.480 e. The van der Waals surface area contributed by atoms with Crippen molar-refractivity contribution in [1.82, 2.24) is 5.32 Å². The summed E-state index contributed by atoms with van der Waals surface area (Å²) in [6.07, 6.45) is 5.78. The van der Waals surface area contributed by atoms with Crippen molar-refractivity contribution in [3.8, 4) is 0 Å². The van der Waals surface area contributed by atoms with Crippen LogP contribution in [0.25, 0.3) is 0 Å². The Kier molecular flexibility index (Phi) is 2.77. The van der Waals surface area contributed by atoms with Crippen molar-refractivity contribution in [2.75, 3.05) is 0 Å². The molecule has 2 N–H and O–H groups in total. The molecule has 14 heavy (non-hydrogen) atoms. The lowest BCUT2D eigenvalue weighted by molar-refractivity contribution is -0.139. The lowest BCUT2D eigenvalue weighted by Gasteiger charge is -2.30. The van der Waals surface area contributed by atoms with Gasteiger partial charge in [0.15, 0.2) is 0 Å². The van der Waals surface area contributed by atoms with E-state index in [9.17, 15) is 4.79 Å². The summed E-state index contributed by atoms with van der Waals surface area (Å²) < 4.78 is 0. The number of fused-ring (bicyclic) bond motifs is 1. The van der Waals surface area contributed by atoms with Gasteiger partial charge in [-0.1, -0.05) is 13.3 Å². The second-order valence-corrected chi connectivity index (χ2v) is 4.75. The highest BCUT2D eigenvalue weighted by atomic mass is 16.4. The summed E-state index contributed by atoms with van der Waals surface area (Å²) in [6.45, 7) is 2.24. The molecule has 3 heteroatoms. The molecule has 2 aliphatic rings. The lowest BCUT2D eigenvalue weighted by atomic mass is 9.77. The first kappa shape index (κ1) is 9.97. The molecule has 1 heterocycles. The third-order valence-corrected chi connectivity index (χ3v) is 3.92. The molecule has 0 spiro atoms. The SMILES string of the molecule is CCC1CCC2NC(C(=O)O)CC2C1. The summed E-state index contributed by atoms with van der Waals surface area (Å²) >= 11 is 0. The normalized spacial score (nSPS) is 42.1. The van der Waals surface area contributed by atoms with Gasteiger partial charge in [0.25, 0.3) is 0 Å². The van der Waals surface area contributed by atoms with E-state index in [1.54, 1.807) is 0 Å². The van der Waals surface area contributed by atoms with E-state index in [1.807, 2.05) is 0 Å². The van der Waals surface area contributed by atoms with E-state index < -0.39 is 5.97 Å². The van der Waals surface area contributed by atoms with E-state index in [0.29, 0.717) is 12.0 Å². The standard InChI is InChI=1S/C11H19NO2/c1-2-7-3-4-9-8(5-7)6-10(12-9)11(13)14/h7-10,12H,2-6H2,1H3,(H,13,14). The average molecular weight is 197 g/mol. The van der Waals surface area contributed by atoms with E-state index in [2.05, 4.69) is 12.2 Å². The number of carboxylic acid groups (broad SMARTS) is 1. The number of rotatable bonds is 2. The van der Waals surface area contributed by atoms with E-state index in [1.165, 1.54) is 25.7 Å². The van der Waals surface area contributed by atoms with E-state index >= 15 is 0 Å². The molecule has 3 nitrogen and oxygen atoms in total. The number of carbonyl (C=O) groups is 1. The Morgan fingerprint density at radius 1 is 1.43 bits per heavy atom. The Morgan fingerprint density at radius 2 is 2.21 bits per heavy atom. The van der Waals surface area contributed by atoms with Crippen molar-refractivity contribution < 1.29 is 9.90 Å². The van der Waals surface area contributed by atoms with Crippen LogP contribution in [0.1, 0.15) is 39.0 Å². The molecule has 1 saturated heterocycles. The van der Waals surface area contributed by atoms with Gasteiger partial charge < -0.3 is 10.4 Å². The summed E-state index contributed by atoms with van der Waals surface area (Å²) in [4.78, 5) is 10.8. The second kappa shape index (κ2) is 3.89. The van der Waals surface area contributed by atoms with Crippen LogP contribution in [0, 0.1) is 11.8 Å². The molecule has 1 saturated carbocycles. The lowest BCUT2D eigenvalue weighted by Crippen LogP contribution is -2.38. The summed E-state index contributed by atoms with van der Waals surface area (Å²) in [7, 11) is 0. The zero-order chi connectivity index (χ0) is 10.1. The fourth-order valence-electron chi connectivity index (χ4n) is 3.01. The number of aliphatic carboxylic acids is 1. The maximum absolute atomic E-state index is 10.8. The first-order valence-corrected chi connectivity index (χ1v) is 5.69. The van der Waals surface area contributed by atoms with Crippen molar-refractivity contribution in [1.29, 1.82) is 0 Å². The minimum Gasteiger partial charge on any atom is -0.480 e. The predicted molar refractivity (Wildman–Crippen MR) is 54.1 cm³/mol. The third kappa shape index (κ3) is 1.78. The average Bonchev–Trinajstić information content (AvgIpc) is 2.59. The smallest absolute Gasteiger partial charge is 0.320 e. The molecule has 4 unspecified atom stereocenters. The Hall–Kier alpha value is -0.570. The van der Waals surface area contributed by atoms with Gasteiger partial charge in [0.05, 0.1) is 0 Å². The van der Waals surface area contributed by atoms with Gasteiger partial charge in [0.1, 0.15) is 6.04 Å². The Labute approximate surface area is 84.9 Å². The molecule has 0 amide bonds. The van der Waals surface area contributed by atoms with Gasteiger partial charge in [-0.05, 0) is 37.5 Å². The highest BCUT2D eigenvalue weighted by Gasteiger charge is 2.40. The monoisotopic (exact) mass is 197 g/mol. The predicted octanol–water partition coefficient (Wildman–Crippen LogP) is 1.63. The molecule has 0 aromatic heterocycles. The molecule has 4 atom stereocenters. The van der Waals surface area contributed by atoms with Crippen molar-refractivity contribution in [2.45, 2.75) is 51.1 Å². The fraction of sp³-hybridized carbons (Fsp3) is 0.909. The second-order valence-electron chi connectivity index (χ2n) is 4.75. The maximum Gasteiger partial charge on any atom is 0.320 e. The minimum atomic E-state index is -0.674. The van der Waals surface area contributed by atoms with Crippen LogP contribution in [0.3, 0.4) is 0 Å². The van der Waals surface area contributed by atoms with Crippen molar-refractivity contribution >= 4 is 5.97 Å². The Bertz CT molecular complexity index is 229. The van der Waals surface area contributed by atoms with Gasteiger partial charge in [-0.2, -0.15) is 0 Å². The zero-order valence-electron chi connectivity index (χ0n) is 8.70. The molecule has 80 valence electrons. The number of carboxylic acids is 1. The van der Waals surface area contributed by atoms with Crippen LogP contribution in [-0.2, 0) is 4.79 Å². The van der Waals surface area contributed by atoms with Gasteiger partial charge in [0.2, 0.25) is 0 Å². The molecule has 1 aliphatic carbocycles. The molecule has 2 fully saturated rings. The molecular formula is C11H19NO2. The summed E-state index contributed by atoms with van der Waals surface area (Å²) in [5, 5.41) is 12.2. The van der Waals surface area contributed by atoms with Crippen LogP contribution in [0.5, 0.6) is 0 Å². The molecule has 2 rings (SSSR count). The Balaban J connectivity index is 1.95. The summed E-state index contributed by atoms with van der Waals surface area (Å²) in [5.41, 5.74) is 0. The third-order valence-electron chi connectivity index (χ3n) is 3.92. The van der Waals surface area contributed by atoms with E-state index in [-0.39, 0.29) is 6.04 Å². The molecular weight excluding hydrogens is 178 g/mol. The highest BCUT2D eigenvalue weighted by molar-refractivity contribution is 5.74. The minimum absolute atomic E-state index is 0.277. The van der Waals surface area contributed by atoms with Gasteiger partial charge in [-0.15, -0.1) is 0 Å².